The first-order valence-corrected chi connectivity index (χ1v) is 9.38. The lowest BCUT2D eigenvalue weighted by atomic mass is 10.2. The fourth-order valence-corrected chi connectivity index (χ4v) is 3.75. The van der Waals surface area contributed by atoms with E-state index < -0.39 is 15.9 Å². The maximum Gasteiger partial charge on any atom is 0.252 e. The quantitative estimate of drug-likeness (QED) is 0.668. The average Bonchev–Trinajstić information content (AvgIpc) is 2.52. The first-order chi connectivity index (χ1) is 11.2. The van der Waals surface area contributed by atoms with Gasteiger partial charge in [0, 0.05) is 33.1 Å². The van der Waals surface area contributed by atoms with Crippen LogP contribution >= 0.6 is 11.6 Å². The van der Waals surface area contributed by atoms with E-state index in [0.717, 1.165) is 0 Å². The lowest BCUT2D eigenvalue weighted by Gasteiger charge is -2.19. The first-order valence-electron chi connectivity index (χ1n) is 7.56. The van der Waals surface area contributed by atoms with Crippen LogP contribution in [0.2, 0.25) is 5.02 Å². The largest absolute Gasteiger partial charge is 0.355 e. The van der Waals surface area contributed by atoms with Crippen LogP contribution in [0.25, 0.3) is 0 Å². The van der Waals surface area contributed by atoms with Crippen LogP contribution in [0.3, 0.4) is 0 Å². The molecule has 7 nitrogen and oxygen atoms in total. The molecule has 0 aliphatic carbocycles. The molecule has 9 heteroatoms. The van der Waals surface area contributed by atoms with E-state index in [2.05, 4.69) is 10.6 Å². The third-order valence-electron chi connectivity index (χ3n) is 3.31. The molecule has 0 aliphatic heterocycles. The van der Waals surface area contributed by atoms with Crippen molar-refractivity contribution in [2.75, 3.05) is 26.2 Å². The number of nitrogens with zero attached hydrogens (tertiary/aromatic N) is 1. The summed E-state index contributed by atoms with van der Waals surface area (Å²) in [6, 6.07) is 4.04. The van der Waals surface area contributed by atoms with Crippen LogP contribution in [-0.4, -0.2) is 50.7 Å². The van der Waals surface area contributed by atoms with Crippen LogP contribution < -0.4 is 10.6 Å². The average molecular weight is 376 g/mol. The molecular formula is C15H22ClN3O4S. The van der Waals surface area contributed by atoms with Gasteiger partial charge in [-0.3, -0.25) is 9.59 Å². The minimum absolute atomic E-state index is 0.0163. The number of hydrogen-bond donors (Lipinski definition) is 2. The Hall–Kier alpha value is -1.64. The van der Waals surface area contributed by atoms with Crippen molar-refractivity contribution in [1.82, 2.24) is 14.9 Å². The van der Waals surface area contributed by atoms with Crippen molar-refractivity contribution in [3.63, 3.8) is 0 Å². The number of rotatable bonds is 8. The molecule has 2 N–H and O–H groups in total. The van der Waals surface area contributed by atoms with Crippen LogP contribution in [0.5, 0.6) is 0 Å². The van der Waals surface area contributed by atoms with Crippen molar-refractivity contribution < 1.29 is 18.0 Å². The topological polar surface area (TPSA) is 95.6 Å². The van der Waals surface area contributed by atoms with Gasteiger partial charge in [0.2, 0.25) is 15.9 Å². The van der Waals surface area contributed by atoms with Gasteiger partial charge in [0.1, 0.15) is 0 Å². The Morgan fingerprint density at radius 1 is 1.12 bits per heavy atom. The summed E-state index contributed by atoms with van der Waals surface area (Å²) in [7, 11) is -3.67. The molecule has 134 valence electrons. The van der Waals surface area contributed by atoms with Gasteiger partial charge in [-0.05, 0) is 18.2 Å². The van der Waals surface area contributed by atoms with Gasteiger partial charge < -0.3 is 10.6 Å². The third kappa shape index (κ3) is 5.19. The van der Waals surface area contributed by atoms with E-state index in [1.54, 1.807) is 13.8 Å². The summed E-state index contributed by atoms with van der Waals surface area (Å²) in [5, 5.41) is 5.29. The molecule has 0 fully saturated rings. The van der Waals surface area contributed by atoms with Crippen molar-refractivity contribution in [1.29, 1.82) is 0 Å². The number of amides is 2. The Kier molecular flexibility index (Phi) is 7.65. The van der Waals surface area contributed by atoms with Gasteiger partial charge in [-0.1, -0.05) is 25.4 Å². The van der Waals surface area contributed by atoms with E-state index >= 15 is 0 Å². The highest BCUT2D eigenvalue weighted by Crippen LogP contribution is 2.23. The molecule has 0 saturated carbocycles. The summed E-state index contributed by atoms with van der Waals surface area (Å²) in [4.78, 5) is 23.0. The Balaban J connectivity index is 2.97. The minimum atomic E-state index is -3.67. The van der Waals surface area contributed by atoms with E-state index in [-0.39, 0.29) is 34.5 Å². The molecule has 1 rings (SSSR count). The van der Waals surface area contributed by atoms with Crippen LogP contribution in [0.4, 0.5) is 0 Å². The predicted molar refractivity (Wildman–Crippen MR) is 92.6 cm³/mol. The maximum absolute atomic E-state index is 12.5. The molecule has 0 heterocycles. The summed E-state index contributed by atoms with van der Waals surface area (Å²) in [5.41, 5.74) is 0.0766. The maximum atomic E-state index is 12.5. The molecule has 0 bridgehead atoms. The Morgan fingerprint density at radius 2 is 1.71 bits per heavy atom. The molecule has 1 aromatic rings. The molecule has 0 unspecified atom stereocenters. The molecule has 0 spiro atoms. The summed E-state index contributed by atoms with van der Waals surface area (Å²) in [6.07, 6.45) is 0. The number of benzene rings is 1. The highest BCUT2D eigenvalue weighted by atomic mass is 35.5. The lowest BCUT2D eigenvalue weighted by Crippen LogP contribution is -2.34. The van der Waals surface area contributed by atoms with Gasteiger partial charge in [0.15, 0.2) is 0 Å². The smallest absolute Gasteiger partial charge is 0.252 e. The second-order valence-corrected chi connectivity index (χ2v) is 7.31. The second-order valence-electron chi connectivity index (χ2n) is 4.97. The lowest BCUT2D eigenvalue weighted by molar-refractivity contribution is -0.118. The normalized spacial score (nSPS) is 11.4. The molecule has 0 radical (unpaired) electrons. The number of hydrogen-bond acceptors (Lipinski definition) is 4. The molecule has 24 heavy (non-hydrogen) atoms. The highest BCUT2D eigenvalue weighted by Gasteiger charge is 2.23. The van der Waals surface area contributed by atoms with Crippen molar-refractivity contribution in [2.24, 2.45) is 0 Å². The fraction of sp³-hybridized carbons (Fsp3) is 0.467. The van der Waals surface area contributed by atoms with E-state index in [9.17, 15) is 18.0 Å². The van der Waals surface area contributed by atoms with E-state index in [1.807, 2.05) is 0 Å². The SMILES string of the molecule is CCN(CC)S(=O)(=O)c1ccc(Cl)c(C(=O)NCCNC(C)=O)c1. The standard InChI is InChI=1S/C15H22ClN3O4S/c1-4-19(5-2)24(22,23)12-6-7-14(16)13(10-12)15(21)18-9-8-17-11(3)20/h6-7,10H,4-5,8-9H2,1-3H3,(H,17,20)(H,18,21). The van der Waals surface area contributed by atoms with Gasteiger partial charge in [-0.25, -0.2) is 8.42 Å². The van der Waals surface area contributed by atoms with Crippen LogP contribution in [0, 0.1) is 0 Å². The number of sulfonamides is 1. The van der Waals surface area contributed by atoms with E-state index in [0.29, 0.717) is 13.1 Å². The fourth-order valence-electron chi connectivity index (χ4n) is 2.06. The highest BCUT2D eigenvalue weighted by molar-refractivity contribution is 7.89. The molecule has 0 aliphatic rings. The van der Waals surface area contributed by atoms with Crippen LogP contribution in [-0.2, 0) is 14.8 Å². The number of halogens is 1. The van der Waals surface area contributed by atoms with Crippen molar-refractivity contribution in [3.8, 4) is 0 Å². The Labute approximate surface area is 147 Å². The van der Waals surface area contributed by atoms with Crippen molar-refractivity contribution in [3.05, 3.63) is 28.8 Å². The predicted octanol–water partition coefficient (Wildman–Crippen LogP) is 1.24. The molecular weight excluding hydrogens is 354 g/mol. The van der Waals surface area contributed by atoms with Gasteiger partial charge in [0.25, 0.3) is 5.91 Å². The molecule has 2 amide bonds. The number of carbonyl (C=O) groups excluding carboxylic acids is 2. The van der Waals surface area contributed by atoms with E-state index in [1.165, 1.54) is 29.4 Å². The van der Waals surface area contributed by atoms with E-state index in [4.69, 9.17) is 11.6 Å². The van der Waals surface area contributed by atoms with Crippen LogP contribution in [0.15, 0.2) is 23.1 Å². The molecule has 0 aromatic heterocycles. The monoisotopic (exact) mass is 375 g/mol. The molecule has 0 atom stereocenters. The summed E-state index contributed by atoms with van der Waals surface area (Å²) in [6.45, 7) is 6.01. The summed E-state index contributed by atoms with van der Waals surface area (Å²) >= 11 is 6.01. The number of nitrogens with one attached hydrogen (secondary N) is 2. The van der Waals surface area contributed by atoms with Gasteiger partial charge >= 0.3 is 0 Å². The minimum Gasteiger partial charge on any atom is -0.355 e. The third-order valence-corrected chi connectivity index (χ3v) is 5.69. The van der Waals surface area contributed by atoms with Gasteiger partial charge in [-0.2, -0.15) is 4.31 Å². The molecule has 1 aromatic carbocycles. The Morgan fingerprint density at radius 3 is 2.25 bits per heavy atom. The zero-order valence-corrected chi connectivity index (χ0v) is 15.5. The van der Waals surface area contributed by atoms with Crippen LogP contribution in [0.1, 0.15) is 31.1 Å². The van der Waals surface area contributed by atoms with Crippen molar-refractivity contribution in [2.45, 2.75) is 25.7 Å². The summed E-state index contributed by atoms with van der Waals surface area (Å²) in [5.74, 6) is -0.698. The van der Waals surface area contributed by atoms with Crippen molar-refractivity contribution >= 4 is 33.4 Å². The zero-order valence-electron chi connectivity index (χ0n) is 13.9. The first kappa shape index (κ1) is 20.4. The van der Waals surface area contributed by atoms with Gasteiger partial charge in [-0.15, -0.1) is 0 Å². The number of carbonyl (C=O) groups is 2. The van der Waals surface area contributed by atoms with Gasteiger partial charge in [0.05, 0.1) is 15.5 Å². The zero-order chi connectivity index (χ0) is 18.3. The Bertz CT molecular complexity index is 703. The molecule has 0 saturated heterocycles. The summed E-state index contributed by atoms with van der Waals surface area (Å²) < 4.78 is 26.3. The second kappa shape index (κ2) is 9.00.